The highest BCUT2D eigenvalue weighted by molar-refractivity contribution is 9.09. The lowest BCUT2D eigenvalue weighted by atomic mass is 9.85. The molecular weight excluding hydrogens is 322 g/mol. The number of fused-ring (bicyclic) bond motifs is 1. The van der Waals surface area contributed by atoms with E-state index in [4.69, 9.17) is 0 Å². The van der Waals surface area contributed by atoms with Gasteiger partial charge >= 0.3 is 0 Å². The van der Waals surface area contributed by atoms with Crippen molar-refractivity contribution in [3.05, 3.63) is 17.3 Å². The molecule has 5 heteroatoms. The molecule has 0 spiro atoms. The van der Waals surface area contributed by atoms with E-state index in [1.165, 1.54) is 23.1 Å². The summed E-state index contributed by atoms with van der Waals surface area (Å²) < 4.78 is 0. The Kier molecular flexibility index (Phi) is 3.76. The second-order valence-electron chi connectivity index (χ2n) is 5.30. The third-order valence-corrected chi connectivity index (χ3v) is 5.71. The SMILES string of the molecule is CCc1cc2c(N(C)CC3CC(Br)C3)ncnc2s1. The van der Waals surface area contributed by atoms with Gasteiger partial charge in [-0.05, 0) is 31.2 Å². The molecular formula is C14H18BrN3S. The maximum Gasteiger partial charge on any atom is 0.140 e. The summed E-state index contributed by atoms with van der Waals surface area (Å²) in [5, 5.41) is 1.21. The number of aryl methyl sites for hydroxylation is 1. The molecule has 0 aliphatic heterocycles. The highest BCUT2D eigenvalue weighted by Gasteiger charge is 2.28. The van der Waals surface area contributed by atoms with E-state index >= 15 is 0 Å². The molecule has 0 radical (unpaired) electrons. The second kappa shape index (κ2) is 5.37. The molecule has 1 fully saturated rings. The van der Waals surface area contributed by atoms with Crippen molar-refractivity contribution in [2.75, 3.05) is 18.5 Å². The van der Waals surface area contributed by atoms with Crippen molar-refractivity contribution in [3.63, 3.8) is 0 Å². The average Bonchev–Trinajstić information content (AvgIpc) is 2.79. The highest BCUT2D eigenvalue weighted by atomic mass is 79.9. The van der Waals surface area contributed by atoms with Gasteiger partial charge in [-0.25, -0.2) is 9.97 Å². The van der Waals surface area contributed by atoms with E-state index in [2.05, 4.69) is 50.8 Å². The maximum atomic E-state index is 4.49. The topological polar surface area (TPSA) is 29.0 Å². The van der Waals surface area contributed by atoms with Crippen LogP contribution in [0.1, 0.15) is 24.6 Å². The Morgan fingerprint density at radius 2 is 2.21 bits per heavy atom. The van der Waals surface area contributed by atoms with Gasteiger partial charge in [0, 0.05) is 23.3 Å². The number of hydrogen-bond donors (Lipinski definition) is 0. The minimum absolute atomic E-state index is 0.726. The van der Waals surface area contributed by atoms with Crippen LogP contribution in [0, 0.1) is 5.92 Å². The van der Waals surface area contributed by atoms with E-state index in [0.29, 0.717) is 0 Å². The first kappa shape index (κ1) is 13.3. The smallest absolute Gasteiger partial charge is 0.140 e. The Bertz CT molecular complexity index is 577. The minimum atomic E-state index is 0.726. The molecule has 1 saturated carbocycles. The lowest BCUT2D eigenvalue weighted by molar-refractivity contribution is 0.339. The summed E-state index contributed by atoms with van der Waals surface area (Å²) >= 11 is 5.44. The zero-order chi connectivity index (χ0) is 13.4. The van der Waals surface area contributed by atoms with Gasteiger partial charge in [-0.3, -0.25) is 0 Å². The summed E-state index contributed by atoms with van der Waals surface area (Å²) in [6, 6.07) is 2.25. The maximum absolute atomic E-state index is 4.49. The fraction of sp³-hybridized carbons (Fsp3) is 0.571. The number of anilines is 1. The molecule has 0 aromatic carbocycles. The molecule has 3 rings (SSSR count). The van der Waals surface area contributed by atoms with Crippen molar-refractivity contribution < 1.29 is 0 Å². The lowest BCUT2D eigenvalue weighted by Gasteiger charge is -2.34. The summed E-state index contributed by atoms with van der Waals surface area (Å²) in [7, 11) is 2.15. The van der Waals surface area contributed by atoms with Crippen LogP contribution in [0.5, 0.6) is 0 Å². The van der Waals surface area contributed by atoms with Crippen molar-refractivity contribution in [2.45, 2.75) is 31.0 Å². The van der Waals surface area contributed by atoms with Crippen molar-refractivity contribution in [3.8, 4) is 0 Å². The van der Waals surface area contributed by atoms with Crippen LogP contribution in [-0.2, 0) is 6.42 Å². The zero-order valence-corrected chi connectivity index (χ0v) is 13.7. The molecule has 102 valence electrons. The highest BCUT2D eigenvalue weighted by Crippen LogP contribution is 2.35. The fourth-order valence-corrected chi connectivity index (χ4v) is 4.64. The molecule has 0 atom stereocenters. The number of nitrogens with zero attached hydrogens (tertiary/aromatic N) is 3. The minimum Gasteiger partial charge on any atom is -0.359 e. The van der Waals surface area contributed by atoms with Gasteiger partial charge in [0.1, 0.15) is 17.0 Å². The Hall–Kier alpha value is -0.680. The molecule has 2 aromatic rings. The predicted molar refractivity (Wildman–Crippen MR) is 85.5 cm³/mol. The van der Waals surface area contributed by atoms with Crippen LogP contribution in [0.2, 0.25) is 0 Å². The van der Waals surface area contributed by atoms with Gasteiger partial charge in [0.25, 0.3) is 0 Å². The van der Waals surface area contributed by atoms with Gasteiger partial charge in [-0.2, -0.15) is 0 Å². The number of alkyl halides is 1. The van der Waals surface area contributed by atoms with Crippen LogP contribution < -0.4 is 4.90 Å². The molecule has 1 aliphatic carbocycles. The van der Waals surface area contributed by atoms with Crippen molar-refractivity contribution in [1.29, 1.82) is 0 Å². The third-order valence-electron chi connectivity index (χ3n) is 3.78. The second-order valence-corrected chi connectivity index (χ2v) is 7.71. The monoisotopic (exact) mass is 339 g/mol. The molecule has 0 unspecified atom stereocenters. The van der Waals surface area contributed by atoms with Gasteiger partial charge in [0.05, 0.1) is 5.39 Å². The largest absolute Gasteiger partial charge is 0.359 e. The molecule has 0 N–H and O–H groups in total. The van der Waals surface area contributed by atoms with Gasteiger partial charge in [-0.1, -0.05) is 22.9 Å². The Morgan fingerprint density at radius 1 is 1.42 bits per heavy atom. The van der Waals surface area contributed by atoms with E-state index in [1.807, 2.05) is 0 Å². The van der Waals surface area contributed by atoms with Gasteiger partial charge < -0.3 is 4.90 Å². The summed E-state index contributed by atoms with van der Waals surface area (Å²) in [5.74, 6) is 1.88. The molecule has 2 heterocycles. The quantitative estimate of drug-likeness (QED) is 0.792. The van der Waals surface area contributed by atoms with Crippen LogP contribution in [0.4, 0.5) is 5.82 Å². The summed E-state index contributed by atoms with van der Waals surface area (Å²) in [4.78, 5) is 14.4. The van der Waals surface area contributed by atoms with Crippen molar-refractivity contribution in [1.82, 2.24) is 9.97 Å². The standard InChI is InChI=1S/C14H18BrN3S/c1-3-11-6-12-13(16-8-17-14(12)19-11)18(2)7-9-4-10(15)5-9/h6,8-10H,3-5,7H2,1-2H3. The molecule has 2 aromatic heterocycles. The van der Waals surface area contributed by atoms with Crippen molar-refractivity contribution in [2.24, 2.45) is 5.92 Å². The molecule has 3 nitrogen and oxygen atoms in total. The van der Waals surface area contributed by atoms with Crippen molar-refractivity contribution >= 4 is 43.3 Å². The number of hydrogen-bond acceptors (Lipinski definition) is 4. The van der Waals surface area contributed by atoms with Crippen LogP contribution in [0.25, 0.3) is 10.2 Å². The zero-order valence-electron chi connectivity index (χ0n) is 11.3. The lowest BCUT2D eigenvalue weighted by Crippen LogP contribution is -2.35. The van der Waals surface area contributed by atoms with E-state index in [9.17, 15) is 0 Å². The van der Waals surface area contributed by atoms with Crippen LogP contribution in [-0.4, -0.2) is 28.4 Å². The Morgan fingerprint density at radius 3 is 2.89 bits per heavy atom. The molecule has 19 heavy (non-hydrogen) atoms. The normalized spacial score (nSPS) is 22.5. The van der Waals surface area contributed by atoms with Gasteiger partial charge in [0.15, 0.2) is 0 Å². The van der Waals surface area contributed by atoms with Crippen LogP contribution in [0.3, 0.4) is 0 Å². The van der Waals surface area contributed by atoms with Gasteiger partial charge in [0.2, 0.25) is 0 Å². The number of thiophene rings is 1. The average molecular weight is 340 g/mol. The summed E-state index contributed by atoms with van der Waals surface area (Å²) in [6.07, 6.45) is 5.32. The van der Waals surface area contributed by atoms with E-state index in [0.717, 1.165) is 34.4 Å². The molecule has 0 amide bonds. The first-order chi connectivity index (χ1) is 9.17. The van der Waals surface area contributed by atoms with Gasteiger partial charge in [-0.15, -0.1) is 11.3 Å². The van der Waals surface area contributed by atoms with Crippen LogP contribution >= 0.6 is 27.3 Å². The molecule has 0 saturated heterocycles. The number of halogens is 1. The summed E-state index contributed by atoms with van der Waals surface area (Å²) in [6.45, 7) is 3.28. The first-order valence-corrected chi connectivity index (χ1v) is 8.49. The molecule has 0 bridgehead atoms. The summed E-state index contributed by atoms with van der Waals surface area (Å²) in [5.41, 5.74) is 0. The fourth-order valence-electron chi connectivity index (χ4n) is 2.65. The Labute approximate surface area is 126 Å². The third kappa shape index (κ3) is 2.63. The number of rotatable bonds is 4. The first-order valence-electron chi connectivity index (χ1n) is 6.76. The molecule has 1 aliphatic rings. The van der Waals surface area contributed by atoms with E-state index in [1.54, 1.807) is 17.7 Å². The predicted octanol–water partition coefficient (Wildman–Crippen LogP) is 3.86. The van der Waals surface area contributed by atoms with E-state index in [-0.39, 0.29) is 0 Å². The number of aromatic nitrogens is 2. The van der Waals surface area contributed by atoms with E-state index < -0.39 is 0 Å². The Balaban J connectivity index is 1.84. The van der Waals surface area contributed by atoms with Crippen LogP contribution in [0.15, 0.2) is 12.4 Å².